The molecule has 0 saturated heterocycles. The third kappa shape index (κ3) is 8.34. The number of nitrogens with zero attached hydrogens (tertiary/aromatic N) is 2. The molecule has 1 N–H and O–H groups in total. The number of rotatable bonds is 10. The van der Waals surface area contributed by atoms with Crippen molar-refractivity contribution in [2.75, 3.05) is 17.1 Å². The van der Waals surface area contributed by atoms with E-state index in [9.17, 15) is 18.0 Å². The summed E-state index contributed by atoms with van der Waals surface area (Å²) < 4.78 is 27.2. The van der Waals surface area contributed by atoms with E-state index in [2.05, 4.69) is 21.2 Å². The van der Waals surface area contributed by atoms with Crippen LogP contribution in [0.3, 0.4) is 0 Å². The van der Waals surface area contributed by atoms with Gasteiger partial charge in [-0.3, -0.25) is 13.9 Å². The first-order valence-corrected chi connectivity index (χ1v) is 15.7. The molecule has 202 valence electrons. The molecule has 7 nitrogen and oxygen atoms in total. The number of sulfonamides is 1. The first-order valence-electron chi connectivity index (χ1n) is 12.3. The number of halogens is 3. The van der Waals surface area contributed by atoms with E-state index in [1.807, 2.05) is 6.92 Å². The van der Waals surface area contributed by atoms with Gasteiger partial charge in [0.2, 0.25) is 21.8 Å². The van der Waals surface area contributed by atoms with Gasteiger partial charge in [0.25, 0.3) is 0 Å². The van der Waals surface area contributed by atoms with Crippen molar-refractivity contribution in [1.29, 1.82) is 0 Å². The molecular formula is C26H32BrCl2N3O4S. The van der Waals surface area contributed by atoms with E-state index in [-0.39, 0.29) is 18.5 Å². The Morgan fingerprint density at radius 3 is 2.27 bits per heavy atom. The van der Waals surface area contributed by atoms with E-state index in [1.165, 1.54) is 4.90 Å². The summed E-state index contributed by atoms with van der Waals surface area (Å²) in [5.41, 5.74) is 1.04. The van der Waals surface area contributed by atoms with Gasteiger partial charge in [0, 0.05) is 17.1 Å². The fraction of sp³-hybridized carbons (Fsp3) is 0.462. The summed E-state index contributed by atoms with van der Waals surface area (Å²) in [6.45, 7) is 1.46. The number of carbonyl (C=O) groups excluding carboxylic acids is 2. The van der Waals surface area contributed by atoms with Crippen molar-refractivity contribution in [3.63, 3.8) is 0 Å². The highest BCUT2D eigenvalue weighted by Gasteiger charge is 2.33. The first kappa shape index (κ1) is 29.7. The van der Waals surface area contributed by atoms with Gasteiger partial charge in [-0.25, -0.2) is 8.42 Å². The smallest absolute Gasteiger partial charge is 0.244 e. The molecule has 1 fully saturated rings. The van der Waals surface area contributed by atoms with E-state index in [4.69, 9.17) is 23.2 Å². The maximum atomic E-state index is 13.8. The van der Waals surface area contributed by atoms with Crippen molar-refractivity contribution < 1.29 is 18.0 Å². The summed E-state index contributed by atoms with van der Waals surface area (Å²) in [4.78, 5) is 28.6. The predicted octanol–water partition coefficient (Wildman–Crippen LogP) is 5.78. The van der Waals surface area contributed by atoms with Crippen molar-refractivity contribution in [1.82, 2.24) is 10.2 Å². The number of anilines is 1. The second-order valence-corrected chi connectivity index (χ2v) is 12.9. The normalized spacial score (nSPS) is 15.2. The average Bonchev–Trinajstić information content (AvgIpc) is 2.85. The minimum Gasteiger partial charge on any atom is -0.352 e. The SMILES string of the molecule is CCC(C(=O)NC1CCCCC1)N(Cc1ccc(Cl)c(Cl)c1)C(=O)CN(c1ccc(Br)cc1)S(C)(=O)=O. The van der Waals surface area contributed by atoms with Crippen LogP contribution in [0.2, 0.25) is 10.0 Å². The zero-order valence-corrected chi connectivity index (χ0v) is 24.8. The topological polar surface area (TPSA) is 86.8 Å². The first-order chi connectivity index (χ1) is 17.5. The number of amides is 2. The van der Waals surface area contributed by atoms with E-state index in [1.54, 1.807) is 42.5 Å². The number of hydrogen-bond acceptors (Lipinski definition) is 4. The van der Waals surface area contributed by atoms with E-state index >= 15 is 0 Å². The summed E-state index contributed by atoms with van der Waals surface area (Å²) in [6, 6.07) is 11.0. The van der Waals surface area contributed by atoms with Gasteiger partial charge in [0.1, 0.15) is 12.6 Å². The number of nitrogens with one attached hydrogen (secondary N) is 1. The molecule has 0 bridgehead atoms. The van der Waals surface area contributed by atoms with Crippen LogP contribution in [0, 0.1) is 0 Å². The van der Waals surface area contributed by atoms with Crippen LogP contribution in [-0.2, 0) is 26.2 Å². The maximum absolute atomic E-state index is 13.8. The molecule has 0 aliphatic heterocycles. The minimum atomic E-state index is -3.79. The summed E-state index contributed by atoms with van der Waals surface area (Å²) in [5, 5.41) is 3.83. The highest BCUT2D eigenvalue weighted by molar-refractivity contribution is 9.10. The Hall–Kier alpha value is -1.81. The lowest BCUT2D eigenvalue weighted by Gasteiger charge is -2.34. The fourth-order valence-electron chi connectivity index (χ4n) is 4.52. The molecule has 0 radical (unpaired) electrons. The van der Waals surface area contributed by atoms with E-state index in [0.29, 0.717) is 27.7 Å². The molecule has 1 saturated carbocycles. The Kier molecular flexibility index (Phi) is 10.7. The van der Waals surface area contributed by atoms with E-state index in [0.717, 1.165) is 47.1 Å². The Labute approximate surface area is 237 Å². The lowest BCUT2D eigenvalue weighted by molar-refractivity contribution is -0.140. The van der Waals surface area contributed by atoms with Crippen molar-refractivity contribution >= 4 is 66.7 Å². The second kappa shape index (κ2) is 13.3. The standard InChI is InChI=1S/C26H32BrCl2N3O4S/c1-3-24(26(34)30-20-7-5-4-6-8-20)31(16-18-9-14-22(28)23(29)15-18)25(33)17-32(37(2,35)36)21-12-10-19(27)11-13-21/h9-15,20,24H,3-8,16-17H2,1-2H3,(H,30,34). The van der Waals surface area contributed by atoms with Crippen LogP contribution in [0.15, 0.2) is 46.9 Å². The van der Waals surface area contributed by atoms with Crippen molar-refractivity contribution in [3.05, 3.63) is 62.5 Å². The largest absolute Gasteiger partial charge is 0.352 e. The van der Waals surface area contributed by atoms with Crippen molar-refractivity contribution in [3.8, 4) is 0 Å². The van der Waals surface area contributed by atoms with Gasteiger partial charge in [-0.05, 0) is 61.2 Å². The molecular weight excluding hydrogens is 601 g/mol. The Balaban J connectivity index is 1.92. The van der Waals surface area contributed by atoms with Crippen LogP contribution in [0.1, 0.15) is 51.0 Å². The lowest BCUT2D eigenvalue weighted by atomic mass is 9.95. The summed E-state index contributed by atoms with van der Waals surface area (Å²) >= 11 is 15.6. The number of carbonyl (C=O) groups is 2. The molecule has 1 atom stereocenters. The van der Waals surface area contributed by atoms with Gasteiger partial charge in [0.15, 0.2) is 0 Å². The fourth-order valence-corrected chi connectivity index (χ4v) is 5.95. The van der Waals surface area contributed by atoms with Crippen LogP contribution in [0.4, 0.5) is 5.69 Å². The van der Waals surface area contributed by atoms with E-state index < -0.39 is 28.5 Å². The van der Waals surface area contributed by atoms with Gasteiger partial charge >= 0.3 is 0 Å². The molecule has 0 spiro atoms. The van der Waals surface area contributed by atoms with Gasteiger partial charge in [-0.1, -0.05) is 71.4 Å². The highest BCUT2D eigenvalue weighted by Crippen LogP contribution is 2.26. The molecule has 1 aliphatic rings. The van der Waals surface area contributed by atoms with Crippen LogP contribution in [0.5, 0.6) is 0 Å². The van der Waals surface area contributed by atoms with Crippen molar-refractivity contribution in [2.45, 2.75) is 64.1 Å². The maximum Gasteiger partial charge on any atom is 0.244 e. The molecule has 37 heavy (non-hydrogen) atoms. The minimum absolute atomic E-state index is 0.0737. The average molecular weight is 633 g/mol. The molecule has 2 amide bonds. The quantitative estimate of drug-likeness (QED) is 0.360. The molecule has 1 unspecified atom stereocenters. The van der Waals surface area contributed by atoms with Gasteiger partial charge in [0.05, 0.1) is 22.0 Å². The third-order valence-electron chi connectivity index (χ3n) is 6.47. The highest BCUT2D eigenvalue weighted by atomic mass is 79.9. The zero-order chi connectivity index (χ0) is 27.2. The molecule has 0 aromatic heterocycles. The number of hydrogen-bond donors (Lipinski definition) is 1. The van der Waals surface area contributed by atoms with Crippen LogP contribution >= 0.6 is 39.1 Å². The van der Waals surface area contributed by atoms with Gasteiger partial charge < -0.3 is 10.2 Å². The van der Waals surface area contributed by atoms with Crippen LogP contribution in [0.25, 0.3) is 0 Å². The second-order valence-electron chi connectivity index (χ2n) is 9.28. The van der Waals surface area contributed by atoms with Gasteiger partial charge in [-0.2, -0.15) is 0 Å². The third-order valence-corrected chi connectivity index (χ3v) is 8.88. The molecule has 2 aromatic carbocycles. The Morgan fingerprint density at radius 2 is 1.70 bits per heavy atom. The van der Waals surface area contributed by atoms with Crippen molar-refractivity contribution in [2.24, 2.45) is 0 Å². The molecule has 0 heterocycles. The number of benzene rings is 2. The lowest BCUT2D eigenvalue weighted by Crippen LogP contribution is -2.53. The monoisotopic (exact) mass is 631 g/mol. The summed E-state index contributed by atoms with van der Waals surface area (Å²) in [5.74, 6) is -0.734. The predicted molar refractivity (Wildman–Crippen MR) is 152 cm³/mol. The molecule has 2 aromatic rings. The van der Waals surface area contributed by atoms with Gasteiger partial charge in [-0.15, -0.1) is 0 Å². The summed E-state index contributed by atoms with van der Waals surface area (Å²) in [7, 11) is -3.79. The molecule has 11 heteroatoms. The van der Waals surface area contributed by atoms with Crippen LogP contribution < -0.4 is 9.62 Å². The summed E-state index contributed by atoms with van der Waals surface area (Å²) in [6.07, 6.45) is 6.52. The zero-order valence-electron chi connectivity index (χ0n) is 20.9. The molecule has 1 aliphatic carbocycles. The Morgan fingerprint density at radius 1 is 1.05 bits per heavy atom. The molecule has 3 rings (SSSR count). The van der Waals surface area contributed by atoms with Crippen LogP contribution in [-0.4, -0.2) is 50.0 Å². The Bertz CT molecular complexity index is 1200.